The van der Waals surface area contributed by atoms with E-state index in [0.29, 0.717) is 11.5 Å². The van der Waals surface area contributed by atoms with E-state index < -0.39 is 0 Å². The van der Waals surface area contributed by atoms with Gasteiger partial charge in [-0.1, -0.05) is 16.8 Å². The van der Waals surface area contributed by atoms with Crippen LogP contribution in [-0.2, 0) is 6.61 Å². The number of methoxy groups -OCH3 is 2. The minimum Gasteiger partial charge on any atom is -0.493 e. The molecule has 4 rings (SSSR count). The van der Waals surface area contributed by atoms with E-state index in [1.165, 1.54) is 0 Å². The summed E-state index contributed by atoms with van der Waals surface area (Å²) in [7, 11) is 3.23. The fourth-order valence-corrected chi connectivity index (χ4v) is 3.17. The fraction of sp³-hybridized carbons (Fsp3) is 0.190. The first kappa shape index (κ1) is 17.2. The quantitative estimate of drug-likeness (QED) is 0.831. The molecule has 1 N–H and O–H groups in total. The smallest absolute Gasteiger partial charge is 0.297 e. The zero-order chi connectivity index (χ0) is 18.8. The molecule has 0 aliphatic carbocycles. The molecule has 136 valence electrons. The number of aliphatic imine (C=N–C) groups is 1. The third kappa shape index (κ3) is 3.15. The van der Waals surface area contributed by atoms with Crippen molar-refractivity contribution in [2.24, 2.45) is 10.1 Å². The van der Waals surface area contributed by atoms with E-state index >= 15 is 0 Å². The van der Waals surface area contributed by atoms with Gasteiger partial charge in [0.25, 0.3) is 11.9 Å². The zero-order valence-electron chi connectivity index (χ0n) is 15.2. The van der Waals surface area contributed by atoms with Crippen LogP contribution in [0, 0.1) is 0 Å². The summed E-state index contributed by atoms with van der Waals surface area (Å²) in [5, 5.41) is 14.2. The SMILES string of the molecule is COc1ccc(C2=N[N+]3=C(c4cccc(CO)c4)C=NC3C=C2)cc1OC. The normalized spacial score (nSPS) is 17.7. The van der Waals surface area contributed by atoms with Crippen molar-refractivity contribution in [3.8, 4) is 11.5 Å². The Bertz CT molecular complexity index is 1010. The van der Waals surface area contributed by atoms with Crippen LogP contribution in [0.3, 0.4) is 0 Å². The van der Waals surface area contributed by atoms with Crippen LogP contribution < -0.4 is 9.47 Å². The summed E-state index contributed by atoms with van der Waals surface area (Å²) in [6.45, 7) is 0.00174. The molecule has 0 saturated carbocycles. The molecule has 2 aromatic carbocycles. The Morgan fingerprint density at radius 2 is 1.89 bits per heavy atom. The van der Waals surface area contributed by atoms with Crippen molar-refractivity contribution < 1.29 is 19.3 Å². The van der Waals surface area contributed by atoms with Crippen molar-refractivity contribution in [3.05, 3.63) is 71.3 Å². The lowest BCUT2D eigenvalue weighted by Gasteiger charge is -2.11. The number of nitrogens with zero attached hydrogens (tertiary/aromatic N) is 3. The van der Waals surface area contributed by atoms with E-state index in [-0.39, 0.29) is 12.8 Å². The van der Waals surface area contributed by atoms with Gasteiger partial charge in [0.2, 0.25) is 0 Å². The van der Waals surface area contributed by atoms with Gasteiger partial charge in [-0.2, -0.15) is 0 Å². The number of rotatable bonds is 5. The van der Waals surface area contributed by atoms with Gasteiger partial charge in [-0.25, -0.2) is 4.99 Å². The summed E-state index contributed by atoms with van der Waals surface area (Å²) < 4.78 is 12.6. The van der Waals surface area contributed by atoms with E-state index in [0.717, 1.165) is 28.1 Å². The maximum absolute atomic E-state index is 9.40. The second-order valence-electron chi connectivity index (χ2n) is 6.19. The zero-order valence-corrected chi connectivity index (χ0v) is 15.2. The Morgan fingerprint density at radius 1 is 1.04 bits per heavy atom. The molecule has 2 heterocycles. The number of aliphatic hydroxyl groups is 1. The van der Waals surface area contributed by atoms with Gasteiger partial charge in [0.1, 0.15) is 11.9 Å². The molecule has 0 fully saturated rings. The predicted octanol–water partition coefficient (Wildman–Crippen LogP) is 2.38. The van der Waals surface area contributed by atoms with Crippen LogP contribution in [0.5, 0.6) is 11.5 Å². The fourth-order valence-electron chi connectivity index (χ4n) is 3.17. The van der Waals surface area contributed by atoms with Gasteiger partial charge >= 0.3 is 0 Å². The summed E-state index contributed by atoms with van der Waals surface area (Å²) in [6, 6.07) is 13.5. The van der Waals surface area contributed by atoms with Crippen LogP contribution in [0.2, 0.25) is 0 Å². The molecule has 6 heteroatoms. The van der Waals surface area contributed by atoms with Crippen LogP contribution >= 0.6 is 0 Å². The molecule has 0 radical (unpaired) electrons. The van der Waals surface area contributed by atoms with E-state index in [2.05, 4.69) is 4.99 Å². The van der Waals surface area contributed by atoms with Crippen LogP contribution in [0.15, 0.2) is 64.7 Å². The lowest BCUT2D eigenvalue weighted by Crippen LogP contribution is -2.25. The van der Waals surface area contributed by atoms with Crippen LogP contribution in [0.25, 0.3) is 0 Å². The molecular weight excluding hydrogens is 342 g/mol. The Kier molecular flexibility index (Phi) is 4.56. The first-order valence-electron chi connectivity index (χ1n) is 8.62. The topological polar surface area (TPSA) is 66.4 Å². The van der Waals surface area contributed by atoms with Crippen LogP contribution in [0.4, 0.5) is 0 Å². The largest absolute Gasteiger partial charge is 0.493 e. The van der Waals surface area contributed by atoms with Crippen molar-refractivity contribution in [1.82, 2.24) is 0 Å². The molecule has 2 aliphatic rings. The molecule has 2 aromatic rings. The number of hydrogen-bond donors (Lipinski definition) is 1. The molecule has 1 unspecified atom stereocenters. The lowest BCUT2D eigenvalue weighted by atomic mass is 10.1. The first-order valence-corrected chi connectivity index (χ1v) is 8.62. The minimum absolute atomic E-state index is 0.00174. The summed E-state index contributed by atoms with van der Waals surface area (Å²) in [5.41, 5.74) is 4.47. The van der Waals surface area contributed by atoms with E-state index in [9.17, 15) is 5.11 Å². The van der Waals surface area contributed by atoms with Gasteiger partial charge in [0.15, 0.2) is 11.5 Å². The third-order valence-electron chi connectivity index (χ3n) is 4.57. The van der Waals surface area contributed by atoms with Crippen molar-refractivity contribution in [3.63, 3.8) is 0 Å². The molecule has 0 amide bonds. The highest BCUT2D eigenvalue weighted by Crippen LogP contribution is 2.28. The van der Waals surface area contributed by atoms with Crippen LogP contribution in [-0.4, -0.2) is 47.8 Å². The van der Waals surface area contributed by atoms with Gasteiger partial charge < -0.3 is 14.6 Å². The molecule has 0 spiro atoms. The highest BCUT2D eigenvalue weighted by Gasteiger charge is 2.32. The Morgan fingerprint density at radius 3 is 2.67 bits per heavy atom. The molecular formula is C21H20N3O3+. The Labute approximate surface area is 157 Å². The minimum atomic E-state index is -0.151. The van der Waals surface area contributed by atoms with Gasteiger partial charge in [-0.15, -0.1) is 0 Å². The van der Waals surface area contributed by atoms with Gasteiger partial charge in [-0.05, 0) is 42.0 Å². The maximum atomic E-state index is 9.40. The summed E-state index contributed by atoms with van der Waals surface area (Å²) >= 11 is 0. The second kappa shape index (κ2) is 7.17. The molecule has 27 heavy (non-hydrogen) atoms. The molecule has 0 saturated heterocycles. The van der Waals surface area contributed by atoms with Crippen molar-refractivity contribution in [2.45, 2.75) is 12.8 Å². The van der Waals surface area contributed by atoms with Gasteiger partial charge in [0.05, 0.1) is 26.4 Å². The highest BCUT2D eigenvalue weighted by molar-refractivity contribution is 6.36. The monoisotopic (exact) mass is 362 g/mol. The third-order valence-corrected chi connectivity index (χ3v) is 4.57. The van der Waals surface area contributed by atoms with Crippen molar-refractivity contribution >= 4 is 17.6 Å². The summed E-state index contributed by atoms with van der Waals surface area (Å²) in [6.07, 6.45) is 5.65. The lowest BCUT2D eigenvalue weighted by molar-refractivity contribution is -0.553. The average Bonchev–Trinajstić information content (AvgIpc) is 3.16. The van der Waals surface area contributed by atoms with Crippen molar-refractivity contribution in [2.75, 3.05) is 14.2 Å². The number of allylic oxidation sites excluding steroid dienone is 1. The van der Waals surface area contributed by atoms with E-state index in [4.69, 9.17) is 14.6 Å². The second-order valence-corrected chi connectivity index (χ2v) is 6.19. The predicted molar refractivity (Wildman–Crippen MR) is 104 cm³/mol. The Hall–Kier alpha value is -3.25. The number of aliphatic hydroxyl groups excluding tert-OH is 1. The molecule has 6 nitrogen and oxygen atoms in total. The Balaban J connectivity index is 1.76. The summed E-state index contributed by atoms with van der Waals surface area (Å²) in [5.74, 6) is 1.34. The number of ether oxygens (including phenoxy) is 2. The highest BCUT2D eigenvalue weighted by atomic mass is 16.5. The standard InChI is InChI=1S/C21H20N3O3/c1-26-19-8-6-15(11-20(19)27-2)17-7-9-21-22-12-18(24(21)23-17)16-5-3-4-14(10-16)13-25/h3-12,21,25H,13H2,1-2H3/q+1. The number of fused-ring (bicyclic) bond motifs is 1. The van der Waals surface area contributed by atoms with Gasteiger partial charge in [0, 0.05) is 16.7 Å². The summed E-state index contributed by atoms with van der Waals surface area (Å²) in [4.78, 5) is 4.52. The van der Waals surface area contributed by atoms with Crippen molar-refractivity contribution in [1.29, 1.82) is 0 Å². The number of benzene rings is 2. The molecule has 0 bridgehead atoms. The van der Waals surface area contributed by atoms with E-state index in [1.807, 2.05) is 65.5 Å². The molecule has 0 aromatic heterocycles. The molecule has 2 aliphatic heterocycles. The van der Waals surface area contributed by atoms with E-state index in [1.54, 1.807) is 14.2 Å². The average molecular weight is 362 g/mol. The number of hydrogen-bond acceptors (Lipinski definition) is 5. The first-order chi connectivity index (χ1) is 13.2. The number of hydrazone groups is 1. The van der Waals surface area contributed by atoms with Crippen LogP contribution in [0.1, 0.15) is 16.7 Å². The maximum Gasteiger partial charge on any atom is 0.297 e. The molecule has 1 atom stereocenters. The van der Waals surface area contributed by atoms with Gasteiger partial charge in [-0.3, -0.25) is 0 Å².